The van der Waals surface area contributed by atoms with Gasteiger partial charge in [0.05, 0.1) is 13.3 Å². The van der Waals surface area contributed by atoms with Crippen LogP contribution in [0.15, 0.2) is 30.3 Å². The average molecular weight is 219 g/mol. The van der Waals surface area contributed by atoms with E-state index in [1.54, 1.807) is 0 Å². The molecule has 1 aromatic rings. The molecule has 0 aromatic heterocycles. The normalized spacial score (nSPS) is 18.2. The molecule has 1 aliphatic heterocycles. The minimum absolute atomic E-state index is 0.733. The number of ether oxygens (including phenoxy) is 1. The molecule has 0 amide bonds. The van der Waals surface area contributed by atoms with Crippen molar-refractivity contribution in [3.05, 3.63) is 35.9 Å². The Labute approximate surface area is 98.2 Å². The molecule has 88 valence electrons. The van der Waals surface area contributed by atoms with Crippen LogP contribution >= 0.6 is 0 Å². The summed E-state index contributed by atoms with van der Waals surface area (Å²) in [5.74, 6) is 0. The molecule has 1 fully saturated rings. The maximum absolute atomic E-state index is 5.74. The van der Waals surface area contributed by atoms with Crippen molar-refractivity contribution in [3.63, 3.8) is 0 Å². The third-order valence-corrected chi connectivity index (χ3v) is 3.08. The van der Waals surface area contributed by atoms with Crippen LogP contribution in [-0.2, 0) is 11.3 Å². The fourth-order valence-corrected chi connectivity index (χ4v) is 2.13. The van der Waals surface area contributed by atoms with E-state index in [4.69, 9.17) is 4.74 Å². The van der Waals surface area contributed by atoms with Crippen LogP contribution in [0.1, 0.15) is 31.2 Å². The highest BCUT2D eigenvalue weighted by atomic mass is 16.5. The Morgan fingerprint density at radius 2 is 1.62 bits per heavy atom. The molecule has 0 N–H and O–H groups in total. The van der Waals surface area contributed by atoms with Gasteiger partial charge in [0.2, 0.25) is 0 Å². The zero-order valence-electron chi connectivity index (χ0n) is 9.90. The molecule has 0 bridgehead atoms. The highest BCUT2D eigenvalue weighted by Gasteiger charge is 2.08. The number of nitrogens with zero attached hydrogens (tertiary/aromatic N) is 1. The van der Waals surface area contributed by atoms with E-state index < -0.39 is 0 Å². The number of benzene rings is 1. The molecule has 1 aliphatic rings. The van der Waals surface area contributed by atoms with Crippen molar-refractivity contribution in [3.8, 4) is 0 Å². The highest BCUT2D eigenvalue weighted by molar-refractivity contribution is 5.13. The van der Waals surface area contributed by atoms with Crippen LogP contribution in [0.4, 0.5) is 0 Å². The summed E-state index contributed by atoms with van der Waals surface area (Å²) in [6, 6.07) is 10.4. The van der Waals surface area contributed by atoms with Gasteiger partial charge in [-0.1, -0.05) is 43.2 Å². The Kier molecular flexibility index (Phi) is 4.84. The molecule has 2 nitrogen and oxygen atoms in total. The van der Waals surface area contributed by atoms with Crippen LogP contribution in [-0.4, -0.2) is 24.7 Å². The lowest BCUT2D eigenvalue weighted by atomic mass is 10.2. The topological polar surface area (TPSA) is 12.5 Å². The summed E-state index contributed by atoms with van der Waals surface area (Å²) in [6.07, 6.45) is 5.42. The third-order valence-electron chi connectivity index (χ3n) is 3.08. The van der Waals surface area contributed by atoms with Crippen LogP contribution in [0, 0.1) is 0 Å². The fourth-order valence-electron chi connectivity index (χ4n) is 2.13. The predicted molar refractivity (Wildman–Crippen MR) is 66.1 cm³/mol. The van der Waals surface area contributed by atoms with E-state index in [1.165, 1.54) is 44.3 Å². The monoisotopic (exact) mass is 219 g/mol. The Morgan fingerprint density at radius 3 is 2.31 bits per heavy atom. The van der Waals surface area contributed by atoms with Crippen molar-refractivity contribution in [1.29, 1.82) is 0 Å². The van der Waals surface area contributed by atoms with Gasteiger partial charge in [0, 0.05) is 13.1 Å². The van der Waals surface area contributed by atoms with Gasteiger partial charge in [0.15, 0.2) is 0 Å². The van der Waals surface area contributed by atoms with Crippen LogP contribution in [0.3, 0.4) is 0 Å². The Bertz CT molecular complexity index is 278. The largest absolute Gasteiger partial charge is 0.361 e. The van der Waals surface area contributed by atoms with Crippen molar-refractivity contribution >= 4 is 0 Å². The van der Waals surface area contributed by atoms with Gasteiger partial charge in [-0.25, -0.2) is 0 Å². The summed E-state index contributed by atoms with van der Waals surface area (Å²) in [4.78, 5) is 2.43. The lowest BCUT2D eigenvalue weighted by molar-refractivity contribution is 0.0205. The van der Waals surface area contributed by atoms with Gasteiger partial charge in [-0.3, -0.25) is 4.90 Å². The van der Waals surface area contributed by atoms with E-state index in [0.717, 1.165) is 13.3 Å². The zero-order chi connectivity index (χ0) is 11.1. The molecule has 0 atom stereocenters. The minimum atomic E-state index is 0.733. The van der Waals surface area contributed by atoms with Crippen molar-refractivity contribution in [2.24, 2.45) is 0 Å². The molecule has 0 spiro atoms. The van der Waals surface area contributed by atoms with Gasteiger partial charge in [-0.15, -0.1) is 0 Å². The molecule has 0 unspecified atom stereocenters. The van der Waals surface area contributed by atoms with Crippen molar-refractivity contribution in [2.75, 3.05) is 19.8 Å². The highest BCUT2D eigenvalue weighted by Crippen LogP contribution is 2.10. The summed E-state index contributed by atoms with van der Waals surface area (Å²) in [6.45, 7) is 3.93. The fraction of sp³-hybridized carbons (Fsp3) is 0.571. The maximum Gasteiger partial charge on any atom is 0.0994 e. The van der Waals surface area contributed by atoms with E-state index in [-0.39, 0.29) is 0 Å². The van der Waals surface area contributed by atoms with Gasteiger partial charge in [-0.2, -0.15) is 0 Å². The molecular weight excluding hydrogens is 198 g/mol. The number of rotatable bonds is 4. The molecule has 0 saturated carbocycles. The first-order valence-electron chi connectivity index (χ1n) is 6.29. The molecule has 1 aromatic carbocycles. The standard InChI is InChI=1S/C14H21NO/c1-2-7-11-15(10-6-1)13-16-12-14-8-4-3-5-9-14/h3-5,8-9H,1-2,6-7,10-13H2. The lowest BCUT2D eigenvalue weighted by Crippen LogP contribution is -2.27. The summed E-state index contributed by atoms with van der Waals surface area (Å²) < 4.78 is 5.74. The SMILES string of the molecule is c1ccc(COCN2CCCCCC2)cc1. The number of hydrogen-bond acceptors (Lipinski definition) is 2. The number of likely N-dealkylation sites (tertiary alicyclic amines) is 1. The second-order valence-corrected chi connectivity index (χ2v) is 4.50. The summed E-state index contributed by atoms with van der Waals surface area (Å²) in [5, 5.41) is 0. The van der Waals surface area contributed by atoms with E-state index in [9.17, 15) is 0 Å². The van der Waals surface area contributed by atoms with Gasteiger partial charge < -0.3 is 4.74 Å². The Hall–Kier alpha value is -0.860. The molecule has 0 aliphatic carbocycles. The number of hydrogen-bond donors (Lipinski definition) is 0. The van der Waals surface area contributed by atoms with Crippen LogP contribution in [0.25, 0.3) is 0 Å². The molecule has 1 saturated heterocycles. The summed E-state index contributed by atoms with van der Waals surface area (Å²) in [5.41, 5.74) is 1.26. The van der Waals surface area contributed by atoms with Gasteiger partial charge in [-0.05, 0) is 18.4 Å². The molecular formula is C14H21NO. The smallest absolute Gasteiger partial charge is 0.0994 e. The van der Waals surface area contributed by atoms with Crippen LogP contribution in [0.2, 0.25) is 0 Å². The maximum atomic E-state index is 5.74. The van der Waals surface area contributed by atoms with E-state index in [2.05, 4.69) is 29.2 Å². The Balaban J connectivity index is 1.67. The van der Waals surface area contributed by atoms with Gasteiger partial charge in [0.1, 0.15) is 0 Å². The van der Waals surface area contributed by atoms with E-state index in [1.807, 2.05) is 6.07 Å². The van der Waals surface area contributed by atoms with Crippen molar-refractivity contribution in [2.45, 2.75) is 32.3 Å². The van der Waals surface area contributed by atoms with Gasteiger partial charge in [0.25, 0.3) is 0 Å². The predicted octanol–water partition coefficient (Wildman–Crippen LogP) is 3.04. The lowest BCUT2D eigenvalue weighted by Gasteiger charge is -2.19. The third kappa shape index (κ3) is 3.95. The first kappa shape index (κ1) is 11.6. The second kappa shape index (κ2) is 6.66. The van der Waals surface area contributed by atoms with E-state index in [0.29, 0.717) is 0 Å². The zero-order valence-corrected chi connectivity index (χ0v) is 9.90. The Morgan fingerprint density at radius 1 is 0.938 bits per heavy atom. The molecule has 16 heavy (non-hydrogen) atoms. The summed E-state index contributed by atoms with van der Waals surface area (Å²) >= 11 is 0. The average Bonchev–Trinajstić information content (AvgIpc) is 2.59. The van der Waals surface area contributed by atoms with Crippen molar-refractivity contribution < 1.29 is 4.74 Å². The van der Waals surface area contributed by atoms with E-state index >= 15 is 0 Å². The quantitative estimate of drug-likeness (QED) is 0.771. The first-order chi connectivity index (χ1) is 7.95. The molecule has 1 heterocycles. The molecule has 2 rings (SSSR count). The van der Waals surface area contributed by atoms with Crippen LogP contribution in [0.5, 0.6) is 0 Å². The van der Waals surface area contributed by atoms with Gasteiger partial charge >= 0.3 is 0 Å². The van der Waals surface area contributed by atoms with Crippen LogP contribution < -0.4 is 0 Å². The minimum Gasteiger partial charge on any atom is -0.361 e. The summed E-state index contributed by atoms with van der Waals surface area (Å²) in [7, 11) is 0. The van der Waals surface area contributed by atoms with Crippen molar-refractivity contribution in [1.82, 2.24) is 4.90 Å². The molecule has 2 heteroatoms. The first-order valence-corrected chi connectivity index (χ1v) is 6.29. The second-order valence-electron chi connectivity index (χ2n) is 4.50. The molecule has 0 radical (unpaired) electrons.